The molecular weight excluding hydrogens is 251 g/mol. The number of rotatable bonds is 2. The van der Waals surface area contributed by atoms with Gasteiger partial charge < -0.3 is 5.73 Å². The van der Waals surface area contributed by atoms with Gasteiger partial charge in [0.25, 0.3) is 0 Å². The molecule has 1 aromatic carbocycles. The number of alkyl halides is 3. The van der Waals surface area contributed by atoms with Crippen molar-refractivity contribution in [1.29, 1.82) is 0 Å². The van der Waals surface area contributed by atoms with Crippen molar-refractivity contribution in [3.8, 4) is 0 Å². The van der Waals surface area contributed by atoms with Crippen molar-refractivity contribution in [2.45, 2.75) is 31.5 Å². The highest BCUT2D eigenvalue weighted by Gasteiger charge is 2.38. The smallest absolute Gasteiger partial charge is 0.324 e. The quantitative estimate of drug-likeness (QED) is 0.852. The topological polar surface area (TPSA) is 26.0 Å². The Morgan fingerprint density at radius 1 is 1.29 bits per heavy atom. The van der Waals surface area contributed by atoms with Crippen molar-refractivity contribution in [1.82, 2.24) is 0 Å². The molecule has 1 saturated carbocycles. The first-order valence-corrected chi connectivity index (χ1v) is 5.90. The van der Waals surface area contributed by atoms with E-state index in [0.29, 0.717) is 0 Å². The van der Waals surface area contributed by atoms with Crippen LogP contribution in [0.4, 0.5) is 13.2 Å². The zero-order valence-electron chi connectivity index (χ0n) is 9.10. The van der Waals surface area contributed by atoms with Gasteiger partial charge in [0.2, 0.25) is 0 Å². The molecule has 94 valence electrons. The first kappa shape index (κ1) is 12.7. The van der Waals surface area contributed by atoms with Crippen LogP contribution < -0.4 is 5.73 Å². The van der Waals surface area contributed by atoms with Crippen molar-refractivity contribution in [2.75, 3.05) is 0 Å². The molecule has 0 unspecified atom stereocenters. The molecule has 0 bridgehead atoms. The molecule has 0 radical (unpaired) electrons. The molecule has 0 heterocycles. The minimum atomic E-state index is -4.40. The van der Waals surface area contributed by atoms with Crippen LogP contribution in [0.2, 0.25) is 5.02 Å². The second-order valence-corrected chi connectivity index (χ2v) is 4.82. The van der Waals surface area contributed by atoms with Crippen molar-refractivity contribution in [2.24, 2.45) is 11.7 Å². The van der Waals surface area contributed by atoms with Crippen molar-refractivity contribution in [3.05, 3.63) is 34.3 Å². The third-order valence-electron chi connectivity index (χ3n) is 3.35. The van der Waals surface area contributed by atoms with E-state index in [1.54, 1.807) is 0 Å². The highest BCUT2D eigenvalue weighted by Crippen LogP contribution is 2.43. The monoisotopic (exact) mass is 263 g/mol. The summed E-state index contributed by atoms with van der Waals surface area (Å²) in [6.07, 6.45) is -1.61. The van der Waals surface area contributed by atoms with Gasteiger partial charge in [0.1, 0.15) is 0 Å². The van der Waals surface area contributed by atoms with Crippen LogP contribution in [0.15, 0.2) is 18.2 Å². The van der Waals surface area contributed by atoms with Crippen molar-refractivity contribution in [3.63, 3.8) is 0 Å². The predicted octanol–water partition coefficient (Wildman–Crippen LogP) is 4.16. The summed E-state index contributed by atoms with van der Waals surface area (Å²) in [5.74, 6) is 0.121. The standard InChI is InChI=1S/C12H13ClF3N/c13-9-6-2-5-8(12(14,15)16)10(9)11(17)7-3-1-4-7/h2,5-7,11H,1,3-4,17H2/t11-/m0/s1. The van der Waals surface area contributed by atoms with Gasteiger partial charge in [-0.2, -0.15) is 13.2 Å². The van der Waals surface area contributed by atoms with Crippen LogP contribution in [-0.4, -0.2) is 0 Å². The maximum atomic E-state index is 12.9. The lowest BCUT2D eigenvalue weighted by atomic mass is 9.76. The molecule has 1 aliphatic carbocycles. The average molecular weight is 264 g/mol. The van der Waals surface area contributed by atoms with E-state index in [-0.39, 0.29) is 16.5 Å². The molecule has 1 nitrogen and oxygen atoms in total. The molecular formula is C12H13ClF3N. The zero-order chi connectivity index (χ0) is 12.6. The Hall–Kier alpha value is -0.740. The van der Waals surface area contributed by atoms with Crippen LogP contribution in [0.25, 0.3) is 0 Å². The van der Waals surface area contributed by atoms with E-state index in [0.717, 1.165) is 25.3 Å². The zero-order valence-corrected chi connectivity index (χ0v) is 9.85. The molecule has 1 aliphatic rings. The van der Waals surface area contributed by atoms with Crippen LogP contribution in [0, 0.1) is 5.92 Å². The number of halogens is 4. The van der Waals surface area contributed by atoms with Crippen molar-refractivity contribution >= 4 is 11.6 Å². The Labute approximate surface area is 103 Å². The van der Waals surface area contributed by atoms with Crippen LogP contribution in [0.5, 0.6) is 0 Å². The first-order valence-electron chi connectivity index (χ1n) is 5.52. The fourth-order valence-electron chi connectivity index (χ4n) is 2.16. The Bertz CT molecular complexity index is 413. The van der Waals surface area contributed by atoms with E-state index in [2.05, 4.69) is 0 Å². The predicted molar refractivity (Wildman–Crippen MR) is 60.7 cm³/mol. The molecule has 0 aromatic heterocycles. The van der Waals surface area contributed by atoms with E-state index in [1.807, 2.05) is 0 Å². The SMILES string of the molecule is N[C@H](c1c(Cl)cccc1C(F)(F)F)C1CCC1. The Morgan fingerprint density at radius 2 is 1.94 bits per heavy atom. The fraction of sp³-hybridized carbons (Fsp3) is 0.500. The molecule has 0 saturated heterocycles. The van der Waals surface area contributed by atoms with Gasteiger partial charge >= 0.3 is 6.18 Å². The molecule has 2 N–H and O–H groups in total. The molecule has 1 aromatic rings. The lowest BCUT2D eigenvalue weighted by Gasteiger charge is -2.33. The maximum Gasteiger partial charge on any atom is 0.416 e. The molecule has 0 amide bonds. The number of hydrogen-bond donors (Lipinski definition) is 1. The summed E-state index contributed by atoms with van der Waals surface area (Å²) in [7, 11) is 0. The number of nitrogens with two attached hydrogens (primary N) is 1. The molecule has 17 heavy (non-hydrogen) atoms. The highest BCUT2D eigenvalue weighted by molar-refractivity contribution is 6.31. The minimum absolute atomic E-state index is 0.0476. The van der Waals surface area contributed by atoms with Gasteiger partial charge in [0.05, 0.1) is 5.56 Å². The summed E-state index contributed by atoms with van der Waals surface area (Å²) in [5.41, 5.74) is 5.26. The molecule has 0 spiro atoms. The number of benzene rings is 1. The molecule has 2 rings (SSSR count). The molecule has 1 atom stereocenters. The Kier molecular flexibility index (Phi) is 3.36. The summed E-state index contributed by atoms with van der Waals surface area (Å²) in [4.78, 5) is 0. The van der Waals surface area contributed by atoms with E-state index >= 15 is 0 Å². The largest absolute Gasteiger partial charge is 0.416 e. The molecule has 5 heteroatoms. The second-order valence-electron chi connectivity index (χ2n) is 4.42. The first-order chi connectivity index (χ1) is 7.91. The van der Waals surface area contributed by atoms with Gasteiger partial charge in [-0.1, -0.05) is 24.1 Å². The summed E-state index contributed by atoms with van der Waals surface area (Å²) >= 11 is 5.88. The van der Waals surface area contributed by atoms with E-state index in [4.69, 9.17) is 17.3 Å². The van der Waals surface area contributed by atoms with Crippen LogP contribution in [0.1, 0.15) is 36.4 Å². The maximum absolute atomic E-state index is 12.9. The third-order valence-corrected chi connectivity index (χ3v) is 3.68. The summed E-state index contributed by atoms with van der Waals surface area (Å²) in [6.45, 7) is 0. The lowest BCUT2D eigenvalue weighted by Crippen LogP contribution is -2.29. The van der Waals surface area contributed by atoms with Gasteiger partial charge in [-0.25, -0.2) is 0 Å². The number of hydrogen-bond acceptors (Lipinski definition) is 1. The van der Waals surface area contributed by atoms with Gasteiger partial charge in [-0.3, -0.25) is 0 Å². The van der Waals surface area contributed by atoms with Gasteiger partial charge in [-0.15, -0.1) is 0 Å². The van der Waals surface area contributed by atoms with Gasteiger partial charge in [0, 0.05) is 11.1 Å². The third kappa shape index (κ3) is 2.43. The Balaban J connectivity index is 2.43. The second kappa shape index (κ2) is 4.50. The fourth-order valence-corrected chi connectivity index (χ4v) is 2.46. The van der Waals surface area contributed by atoms with Gasteiger partial charge in [0.15, 0.2) is 0 Å². The van der Waals surface area contributed by atoms with Crippen LogP contribution in [0.3, 0.4) is 0 Å². The molecule has 1 fully saturated rings. The van der Waals surface area contributed by atoms with Crippen LogP contribution in [-0.2, 0) is 6.18 Å². The highest BCUT2D eigenvalue weighted by atomic mass is 35.5. The summed E-state index contributed by atoms with van der Waals surface area (Å²) in [6, 6.07) is 3.20. The summed E-state index contributed by atoms with van der Waals surface area (Å²) in [5, 5.41) is 0.110. The average Bonchev–Trinajstić information content (AvgIpc) is 2.12. The van der Waals surface area contributed by atoms with Gasteiger partial charge in [-0.05, 0) is 36.5 Å². The minimum Gasteiger partial charge on any atom is -0.324 e. The Morgan fingerprint density at radius 3 is 2.41 bits per heavy atom. The van der Waals surface area contributed by atoms with E-state index < -0.39 is 17.8 Å². The molecule has 0 aliphatic heterocycles. The van der Waals surface area contributed by atoms with Crippen LogP contribution >= 0.6 is 11.6 Å². The van der Waals surface area contributed by atoms with E-state index in [9.17, 15) is 13.2 Å². The lowest BCUT2D eigenvalue weighted by molar-refractivity contribution is -0.138. The normalized spacial score (nSPS) is 18.9. The van der Waals surface area contributed by atoms with E-state index in [1.165, 1.54) is 12.1 Å². The van der Waals surface area contributed by atoms with Crippen molar-refractivity contribution < 1.29 is 13.2 Å². The summed E-state index contributed by atoms with van der Waals surface area (Å²) < 4.78 is 38.6.